The zero-order chi connectivity index (χ0) is 16.5. The number of urea groups is 2. The molecule has 0 atom stereocenters. The second kappa shape index (κ2) is 8.57. The third-order valence-electron chi connectivity index (χ3n) is 3.30. The minimum atomic E-state index is -0.747. The maximum absolute atomic E-state index is 12.0. The van der Waals surface area contributed by atoms with Crippen LogP contribution in [0.15, 0.2) is 37.4 Å². The van der Waals surface area contributed by atoms with E-state index in [1.807, 2.05) is 21.5 Å². The van der Waals surface area contributed by atoms with Crippen molar-refractivity contribution in [1.82, 2.24) is 29.3 Å². The fourth-order valence-electron chi connectivity index (χ4n) is 2.11. The molecule has 0 spiro atoms. The molecule has 2 rings (SSSR count). The van der Waals surface area contributed by atoms with Crippen LogP contribution in [0.3, 0.4) is 0 Å². The van der Waals surface area contributed by atoms with Crippen molar-refractivity contribution in [3.63, 3.8) is 0 Å². The van der Waals surface area contributed by atoms with Gasteiger partial charge in [0.2, 0.25) is 0 Å². The summed E-state index contributed by atoms with van der Waals surface area (Å²) in [6, 6.07) is -1.21. The van der Waals surface area contributed by atoms with Crippen molar-refractivity contribution in [1.29, 1.82) is 0 Å². The van der Waals surface area contributed by atoms with Crippen molar-refractivity contribution in [2.45, 2.75) is 25.9 Å². The molecule has 0 aliphatic carbocycles. The molecule has 2 aromatic rings. The van der Waals surface area contributed by atoms with Gasteiger partial charge in [-0.15, -0.1) is 0 Å². The molecule has 0 aromatic carbocycles. The molecule has 4 amide bonds. The zero-order valence-corrected chi connectivity index (χ0v) is 12.8. The largest absolute Gasteiger partial charge is 0.351 e. The molecular formula is C14H21N7O2. The number of imide groups is 1. The van der Waals surface area contributed by atoms with E-state index in [1.165, 1.54) is 0 Å². The Balaban J connectivity index is 1.68. The van der Waals surface area contributed by atoms with Crippen LogP contribution < -0.4 is 11.1 Å². The number of aromatic nitrogens is 4. The molecule has 2 aromatic heterocycles. The first-order chi connectivity index (χ1) is 11.2. The van der Waals surface area contributed by atoms with Gasteiger partial charge in [0.05, 0.1) is 12.7 Å². The maximum atomic E-state index is 12.0. The summed E-state index contributed by atoms with van der Waals surface area (Å²) in [5.41, 5.74) is 5.27. The number of hydrogen-bond donors (Lipinski definition) is 2. The number of carbonyl (C=O) groups is 2. The summed E-state index contributed by atoms with van der Waals surface area (Å²) < 4.78 is 3.80. The normalized spacial score (nSPS) is 10.4. The number of aryl methyl sites for hydroxylation is 2. The fourth-order valence-corrected chi connectivity index (χ4v) is 2.11. The molecule has 2 heterocycles. The van der Waals surface area contributed by atoms with Crippen LogP contribution in [0.25, 0.3) is 0 Å². The number of nitrogens with two attached hydrogens (primary N) is 1. The molecule has 9 heteroatoms. The highest BCUT2D eigenvalue weighted by Crippen LogP contribution is 1.97. The molecule has 0 fully saturated rings. The van der Waals surface area contributed by atoms with E-state index in [0.717, 1.165) is 17.9 Å². The van der Waals surface area contributed by atoms with E-state index in [9.17, 15) is 9.59 Å². The molecule has 0 saturated carbocycles. The maximum Gasteiger partial charge on any atom is 0.325 e. The topological polar surface area (TPSA) is 111 Å². The molecule has 9 nitrogen and oxygen atoms in total. The molecule has 23 heavy (non-hydrogen) atoms. The first-order valence-corrected chi connectivity index (χ1v) is 7.43. The third kappa shape index (κ3) is 5.46. The summed E-state index contributed by atoms with van der Waals surface area (Å²) in [5.74, 6) is 0. The molecule has 3 N–H and O–H groups in total. The van der Waals surface area contributed by atoms with Crippen LogP contribution in [0, 0.1) is 0 Å². The Labute approximate surface area is 134 Å². The number of carbonyl (C=O) groups excluding carboxylic acids is 2. The number of nitrogens with zero attached hydrogens (tertiary/aromatic N) is 5. The van der Waals surface area contributed by atoms with E-state index in [2.05, 4.69) is 15.3 Å². The number of amides is 4. The van der Waals surface area contributed by atoms with E-state index in [-0.39, 0.29) is 6.54 Å². The Bertz CT molecular complexity index is 595. The van der Waals surface area contributed by atoms with Crippen molar-refractivity contribution in [2.75, 3.05) is 13.1 Å². The van der Waals surface area contributed by atoms with Gasteiger partial charge in [-0.2, -0.15) is 0 Å². The molecule has 0 aliphatic rings. The molecule has 0 saturated heterocycles. The van der Waals surface area contributed by atoms with E-state index >= 15 is 0 Å². The number of nitrogens with one attached hydrogen (secondary N) is 1. The SMILES string of the molecule is NC(=O)N(CCCn1ccnc1)C(=O)NCCCn1ccnc1. The second-order valence-corrected chi connectivity index (χ2v) is 5.03. The van der Waals surface area contributed by atoms with Crippen molar-refractivity contribution >= 4 is 12.1 Å². The second-order valence-electron chi connectivity index (χ2n) is 5.03. The van der Waals surface area contributed by atoms with Gasteiger partial charge in [-0.1, -0.05) is 0 Å². The lowest BCUT2D eigenvalue weighted by Crippen LogP contribution is -2.47. The average molecular weight is 319 g/mol. The van der Waals surface area contributed by atoms with Crippen molar-refractivity contribution in [2.24, 2.45) is 5.73 Å². The summed E-state index contributed by atoms with van der Waals surface area (Å²) in [6.45, 7) is 2.14. The predicted octanol–water partition coefficient (Wildman–Crippen LogP) is 0.650. The van der Waals surface area contributed by atoms with Gasteiger partial charge in [-0.25, -0.2) is 24.5 Å². The fraction of sp³-hybridized carbons (Fsp3) is 0.429. The first kappa shape index (κ1) is 16.5. The van der Waals surface area contributed by atoms with Gasteiger partial charge in [0.25, 0.3) is 0 Å². The number of primary amides is 1. The van der Waals surface area contributed by atoms with Crippen LogP contribution in [-0.4, -0.2) is 49.2 Å². The van der Waals surface area contributed by atoms with Crippen molar-refractivity contribution in [3.8, 4) is 0 Å². The van der Waals surface area contributed by atoms with Crippen LogP contribution in [0.5, 0.6) is 0 Å². The molecule has 0 bridgehead atoms. The lowest BCUT2D eigenvalue weighted by Gasteiger charge is -2.19. The number of hydrogen-bond acceptors (Lipinski definition) is 4. The Hall–Kier alpha value is -2.84. The Morgan fingerprint density at radius 2 is 1.65 bits per heavy atom. The van der Waals surface area contributed by atoms with Crippen LogP contribution in [-0.2, 0) is 13.1 Å². The Morgan fingerprint density at radius 1 is 1.04 bits per heavy atom. The van der Waals surface area contributed by atoms with E-state index in [0.29, 0.717) is 19.5 Å². The summed E-state index contributed by atoms with van der Waals surface area (Å²) in [4.78, 5) is 32.3. The van der Waals surface area contributed by atoms with Gasteiger partial charge in [0.1, 0.15) is 0 Å². The van der Waals surface area contributed by atoms with Gasteiger partial charge < -0.3 is 20.2 Å². The summed E-state index contributed by atoms with van der Waals surface area (Å²) in [5, 5.41) is 2.70. The standard InChI is InChI=1S/C14H21N7O2/c15-13(22)21(8-2-7-20-10-5-17-12-20)14(23)18-3-1-6-19-9-4-16-11-19/h4-5,9-12H,1-3,6-8H2,(H2,15,22)(H,18,23). The predicted molar refractivity (Wildman–Crippen MR) is 83.4 cm³/mol. The Morgan fingerprint density at radius 3 is 2.17 bits per heavy atom. The van der Waals surface area contributed by atoms with Gasteiger partial charge >= 0.3 is 12.1 Å². The molecule has 0 radical (unpaired) electrons. The average Bonchev–Trinajstić information content (AvgIpc) is 3.20. The van der Waals surface area contributed by atoms with E-state index < -0.39 is 12.1 Å². The van der Waals surface area contributed by atoms with Gasteiger partial charge in [-0.3, -0.25) is 0 Å². The van der Waals surface area contributed by atoms with Crippen LogP contribution in [0.4, 0.5) is 9.59 Å². The van der Waals surface area contributed by atoms with Crippen LogP contribution >= 0.6 is 0 Å². The third-order valence-corrected chi connectivity index (χ3v) is 3.30. The van der Waals surface area contributed by atoms with Crippen LogP contribution in [0.1, 0.15) is 12.8 Å². The highest BCUT2D eigenvalue weighted by Gasteiger charge is 2.17. The van der Waals surface area contributed by atoms with Gasteiger partial charge in [-0.05, 0) is 12.8 Å². The zero-order valence-electron chi connectivity index (χ0n) is 12.8. The number of imidazole rings is 2. The van der Waals surface area contributed by atoms with Gasteiger partial charge in [0, 0.05) is 51.0 Å². The van der Waals surface area contributed by atoms with E-state index in [4.69, 9.17) is 5.73 Å². The minimum Gasteiger partial charge on any atom is -0.351 e. The minimum absolute atomic E-state index is 0.265. The highest BCUT2D eigenvalue weighted by molar-refractivity contribution is 5.92. The van der Waals surface area contributed by atoms with Crippen LogP contribution in [0.2, 0.25) is 0 Å². The van der Waals surface area contributed by atoms with Crippen molar-refractivity contribution < 1.29 is 9.59 Å². The van der Waals surface area contributed by atoms with Crippen molar-refractivity contribution in [3.05, 3.63) is 37.4 Å². The van der Waals surface area contributed by atoms with Gasteiger partial charge in [0.15, 0.2) is 0 Å². The highest BCUT2D eigenvalue weighted by atomic mass is 16.2. The summed E-state index contributed by atoms with van der Waals surface area (Å²) in [6.07, 6.45) is 11.8. The quantitative estimate of drug-likeness (QED) is 0.696. The first-order valence-electron chi connectivity index (χ1n) is 7.43. The number of rotatable bonds is 8. The molecule has 124 valence electrons. The molecular weight excluding hydrogens is 298 g/mol. The molecule has 0 aliphatic heterocycles. The summed E-state index contributed by atoms with van der Waals surface area (Å²) in [7, 11) is 0. The lowest BCUT2D eigenvalue weighted by molar-refractivity contribution is 0.190. The Kier molecular flexibility index (Phi) is 6.16. The molecule has 0 unspecified atom stereocenters. The lowest BCUT2D eigenvalue weighted by atomic mass is 10.4. The monoisotopic (exact) mass is 319 g/mol. The van der Waals surface area contributed by atoms with E-state index in [1.54, 1.807) is 25.0 Å². The summed E-state index contributed by atoms with van der Waals surface area (Å²) >= 11 is 0. The smallest absolute Gasteiger partial charge is 0.325 e.